The molecule has 2 aromatic heterocycles. The molecule has 92 valence electrons. The van der Waals surface area contributed by atoms with E-state index in [2.05, 4.69) is 9.97 Å². The summed E-state index contributed by atoms with van der Waals surface area (Å²) in [4.78, 5) is 11.5. The molecule has 2 aromatic rings. The molecule has 1 unspecified atom stereocenters. The van der Waals surface area contributed by atoms with Crippen molar-refractivity contribution in [2.24, 2.45) is 7.05 Å². The Morgan fingerprint density at radius 2 is 2.29 bits per heavy atom. The maximum Gasteiger partial charge on any atom is 0.185 e. The molecule has 1 atom stereocenters. The van der Waals surface area contributed by atoms with E-state index in [0.717, 1.165) is 15.8 Å². The van der Waals surface area contributed by atoms with Crippen LogP contribution in [0, 0.1) is 0 Å². The predicted molar refractivity (Wildman–Crippen MR) is 68.1 cm³/mol. The van der Waals surface area contributed by atoms with Crippen LogP contribution < -0.4 is 4.90 Å². The summed E-state index contributed by atoms with van der Waals surface area (Å²) in [6.07, 6.45) is 4.97. The van der Waals surface area contributed by atoms with Crippen molar-refractivity contribution in [2.45, 2.75) is 19.6 Å². The number of anilines is 1. The van der Waals surface area contributed by atoms with E-state index in [-0.39, 0.29) is 0 Å². The molecule has 2 heterocycles. The molecule has 0 amide bonds. The number of aliphatic hydroxyl groups excluding tert-OH is 1. The van der Waals surface area contributed by atoms with E-state index in [1.54, 1.807) is 19.3 Å². The lowest BCUT2D eigenvalue weighted by Crippen LogP contribution is -2.18. The van der Waals surface area contributed by atoms with Crippen molar-refractivity contribution in [3.05, 3.63) is 29.3 Å². The SMILES string of the molecule is CC(O)c1cnc(N(C)Cc2nccn2C)s1. The van der Waals surface area contributed by atoms with Gasteiger partial charge in [-0.15, -0.1) is 0 Å². The van der Waals surface area contributed by atoms with E-state index in [1.807, 2.05) is 29.8 Å². The fraction of sp³-hybridized carbons (Fsp3) is 0.455. The van der Waals surface area contributed by atoms with Gasteiger partial charge in [0.15, 0.2) is 5.13 Å². The highest BCUT2D eigenvalue weighted by Gasteiger charge is 2.11. The lowest BCUT2D eigenvalue weighted by molar-refractivity contribution is 0.203. The van der Waals surface area contributed by atoms with Crippen LogP contribution in [0.3, 0.4) is 0 Å². The van der Waals surface area contributed by atoms with Gasteiger partial charge in [0, 0.05) is 32.7 Å². The smallest absolute Gasteiger partial charge is 0.185 e. The Morgan fingerprint density at radius 3 is 2.82 bits per heavy atom. The first kappa shape index (κ1) is 12.1. The topological polar surface area (TPSA) is 54.2 Å². The minimum Gasteiger partial charge on any atom is -0.388 e. The zero-order chi connectivity index (χ0) is 12.4. The van der Waals surface area contributed by atoms with Gasteiger partial charge in [-0.3, -0.25) is 0 Å². The molecule has 0 bridgehead atoms. The highest BCUT2D eigenvalue weighted by atomic mass is 32.1. The normalized spacial score (nSPS) is 12.7. The van der Waals surface area contributed by atoms with Crippen molar-refractivity contribution in [2.75, 3.05) is 11.9 Å². The molecule has 1 N–H and O–H groups in total. The van der Waals surface area contributed by atoms with E-state index in [0.29, 0.717) is 6.54 Å². The van der Waals surface area contributed by atoms with Gasteiger partial charge in [0.1, 0.15) is 5.82 Å². The number of hydrogen-bond donors (Lipinski definition) is 1. The quantitative estimate of drug-likeness (QED) is 0.897. The molecule has 0 aliphatic heterocycles. The summed E-state index contributed by atoms with van der Waals surface area (Å²) in [5.41, 5.74) is 0. The average Bonchev–Trinajstić information content (AvgIpc) is 2.88. The minimum absolute atomic E-state index is 0.456. The molecular formula is C11H16N4OS. The Kier molecular flexibility index (Phi) is 3.44. The van der Waals surface area contributed by atoms with Gasteiger partial charge < -0.3 is 14.6 Å². The summed E-state index contributed by atoms with van der Waals surface area (Å²) < 4.78 is 1.99. The van der Waals surface area contributed by atoms with E-state index in [9.17, 15) is 5.11 Å². The maximum atomic E-state index is 9.46. The first-order chi connectivity index (χ1) is 8.08. The highest BCUT2D eigenvalue weighted by molar-refractivity contribution is 7.15. The van der Waals surface area contributed by atoms with E-state index in [4.69, 9.17) is 0 Å². The van der Waals surface area contributed by atoms with Gasteiger partial charge in [-0.25, -0.2) is 9.97 Å². The zero-order valence-electron chi connectivity index (χ0n) is 10.2. The molecule has 0 saturated carbocycles. The van der Waals surface area contributed by atoms with E-state index < -0.39 is 6.10 Å². The Morgan fingerprint density at radius 1 is 1.53 bits per heavy atom. The van der Waals surface area contributed by atoms with Crippen LogP contribution in [0.2, 0.25) is 0 Å². The first-order valence-corrected chi connectivity index (χ1v) is 6.20. The number of thiazole rings is 1. The van der Waals surface area contributed by atoms with Crippen LogP contribution in [0.4, 0.5) is 5.13 Å². The molecule has 0 saturated heterocycles. The minimum atomic E-state index is -0.456. The largest absolute Gasteiger partial charge is 0.388 e. The summed E-state index contributed by atoms with van der Waals surface area (Å²) in [5, 5.41) is 10.3. The van der Waals surface area contributed by atoms with Crippen LogP contribution in [-0.4, -0.2) is 26.7 Å². The Labute approximate surface area is 104 Å². The molecule has 0 fully saturated rings. The molecule has 0 radical (unpaired) electrons. The van der Waals surface area contributed by atoms with E-state index in [1.165, 1.54) is 11.3 Å². The monoisotopic (exact) mass is 252 g/mol. The van der Waals surface area contributed by atoms with Gasteiger partial charge in [-0.1, -0.05) is 11.3 Å². The van der Waals surface area contributed by atoms with Crippen molar-refractivity contribution >= 4 is 16.5 Å². The molecule has 2 rings (SSSR count). The third kappa shape index (κ3) is 2.65. The predicted octanol–water partition coefficient (Wildman–Crippen LogP) is 1.57. The molecular weight excluding hydrogens is 236 g/mol. The summed E-state index contributed by atoms with van der Waals surface area (Å²) in [6, 6.07) is 0. The average molecular weight is 252 g/mol. The standard InChI is InChI=1S/C11H16N4OS/c1-8(16)9-6-13-11(17-9)15(3)7-10-12-4-5-14(10)2/h4-6,8,16H,7H2,1-3H3. The fourth-order valence-electron chi connectivity index (χ4n) is 1.48. The third-order valence-corrected chi connectivity index (χ3v) is 3.83. The molecule has 0 aliphatic carbocycles. The van der Waals surface area contributed by atoms with Gasteiger partial charge in [0.05, 0.1) is 17.5 Å². The number of imidazole rings is 1. The third-order valence-electron chi connectivity index (χ3n) is 2.55. The Bertz CT molecular complexity index is 491. The number of nitrogens with zero attached hydrogens (tertiary/aromatic N) is 4. The highest BCUT2D eigenvalue weighted by Crippen LogP contribution is 2.26. The first-order valence-electron chi connectivity index (χ1n) is 5.39. The zero-order valence-corrected chi connectivity index (χ0v) is 11.0. The van der Waals surface area contributed by atoms with Crippen molar-refractivity contribution in [1.29, 1.82) is 0 Å². The van der Waals surface area contributed by atoms with Crippen LogP contribution >= 0.6 is 11.3 Å². The number of rotatable bonds is 4. The molecule has 0 spiro atoms. The van der Waals surface area contributed by atoms with Crippen LogP contribution in [-0.2, 0) is 13.6 Å². The van der Waals surface area contributed by atoms with Gasteiger partial charge in [0.2, 0.25) is 0 Å². The number of aliphatic hydroxyl groups is 1. The summed E-state index contributed by atoms with van der Waals surface area (Å²) in [5.74, 6) is 0.987. The van der Waals surface area contributed by atoms with Gasteiger partial charge in [-0.05, 0) is 6.92 Å². The van der Waals surface area contributed by atoms with Crippen molar-refractivity contribution < 1.29 is 5.11 Å². The molecule has 0 aliphatic rings. The summed E-state index contributed by atoms with van der Waals surface area (Å²) >= 11 is 1.50. The van der Waals surface area contributed by atoms with Gasteiger partial charge >= 0.3 is 0 Å². The lowest BCUT2D eigenvalue weighted by Gasteiger charge is -2.15. The van der Waals surface area contributed by atoms with Crippen LogP contribution in [0.5, 0.6) is 0 Å². The molecule has 6 heteroatoms. The summed E-state index contributed by atoms with van der Waals surface area (Å²) in [6.45, 7) is 2.45. The van der Waals surface area contributed by atoms with Crippen LogP contribution in [0.25, 0.3) is 0 Å². The second kappa shape index (κ2) is 4.85. The number of aryl methyl sites for hydroxylation is 1. The molecule has 17 heavy (non-hydrogen) atoms. The van der Waals surface area contributed by atoms with Gasteiger partial charge in [-0.2, -0.15) is 0 Å². The Balaban J connectivity index is 2.09. The second-order valence-electron chi connectivity index (χ2n) is 4.03. The van der Waals surface area contributed by atoms with Crippen molar-refractivity contribution in [1.82, 2.24) is 14.5 Å². The fourth-order valence-corrected chi connectivity index (χ4v) is 2.29. The van der Waals surface area contributed by atoms with E-state index >= 15 is 0 Å². The van der Waals surface area contributed by atoms with Crippen molar-refractivity contribution in [3.8, 4) is 0 Å². The van der Waals surface area contributed by atoms with Crippen molar-refractivity contribution in [3.63, 3.8) is 0 Å². The maximum absolute atomic E-state index is 9.46. The second-order valence-corrected chi connectivity index (χ2v) is 5.07. The summed E-state index contributed by atoms with van der Waals surface area (Å²) in [7, 11) is 3.94. The lowest BCUT2D eigenvalue weighted by atomic mass is 10.4. The number of hydrogen-bond acceptors (Lipinski definition) is 5. The molecule has 5 nitrogen and oxygen atoms in total. The van der Waals surface area contributed by atoms with Gasteiger partial charge in [0.25, 0.3) is 0 Å². The number of aromatic nitrogens is 3. The Hall–Kier alpha value is -1.40. The van der Waals surface area contributed by atoms with Crippen LogP contribution in [0.15, 0.2) is 18.6 Å². The molecule has 0 aromatic carbocycles. The van der Waals surface area contributed by atoms with Crippen LogP contribution in [0.1, 0.15) is 23.7 Å².